The summed E-state index contributed by atoms with van der Waals surface area (Å²) in [5.41, 5.74) is -0.0955. The van der Waals surface area contributed by atoms with E-state index >= 15 is 0 Å². The van der Waals surface area contributed by atoms with E-state index in [4.69, 9.17) is 16.1 Å². The van der Waals surface area contributed by atoms with E-state index < -0.39 is 28.9 Å². The van der Waals surface area contributed by atoms with Gasteiger partial charge in [-0.3, -0.25) is 4.79 Å². The molecule has 25 heavy (non-hydrogen) atoms. The third kappa shape index (κ3) is 3.48. The van der Waals surface area contributed by atoms with Crippen LogP contribution < -0.4 is 5.32 Å². The van der Waals surface area contributed by atoms with Crippen LogP contribution in [-0.2, 0) is 6.54 Å². The standard InChI is InChI=1S/C16H9ClF3N3O2/c17-10-4-2-1-3-8(10)15-22-12(25-23-15)7-21-16(24)9-5-6-11(18)14(20)13(9)19/h1-6H,7H2,(H,21,24). The molecule has 0 unspecified atom stereocenters. The number of aromatic nitrogens is 2. The summed E-state index contributed by atoms with van der Waals surface area (Å²) in [6, 6.07) is 8.32. The van der Waals surface area contributed by atoms with Gasteiger partial charge in [-0.1, -0.05) is 28.9 Å². The summed E-state index contributed by atoms with van der Waals surface area (Å²) < 4.78 is 44.6. The Morgan fingerprint density at radius 3 is 2.64 bits per heavy atom. The number of benzene rings is 2. The minimum Gasteiger partial charge on any atom is -0.343 e. The van der Waals surface area contributed by atoms with Crippen molar-refractivity contribution in [1.29, 1.82) is 0 Å². The van der Waals surface area contributed by atoms with Gasteiger partial charge in [0.15, 0.2) is 17.5 Å². The summed E-state index contributed by atoms with van der Waals surface area (Å²) in [5, 5.41) is 6.44. The highest BCUT2D eigenvalue weighted by Crippen LogP contribution is 2.24. The lowest BCUT2D eigenvalue weighted by atomic mass is 10.2. The van der Waals surface area contributed by atoms with E-state index in [9.17, 15) is 18.0 Å². The molecule has 0 aliphatic rings. The summed E-state index contributed by atoms with van der Waals surface area (Å²) in [7, 11) is 0. The predicted octanol–water partition coefficient (Wildman–Crippen LogP) is 3.74. The van der Waals surface area contributed by atoms with E-state index in [0.717, 1.165) is 6.07 Å². The lowest BCUT2D eigenvalue weighted by molar-refractivity contribution is 0.0941. The number of carbonyl (C=O) groups excluding carboxylic acids is 1. The third-order valence-electron chi connectivity index (χ3n) is 3.26. The van der Waals surface area contributed by atoms with E-state index in [-0.39, 0.29) is 18.3 Å². The molecule has 0 fully saturated rings. The van der Waals surface area contributed by atoms with E-state index in [1.165, 1.54) is 0 Å². The fourth-order valence-corrected chi connectivity index (χ4v) is 2.25. The fourth-order valence-electron chi connectivity index (χ4n) is 2.03. The van der Waals surface area contributed by atoms with Crippen LogP contribution in [-0.4, -0.2) is 16.0 Å². The second kappa shape index (κ2) is 6.94. The maximum absolute atomic E-state index is 13.6. The van der Waals surface area contributed by atoms with Gasteiger partial charge in [0.05, 0.1) is 17.1 Å². The number of rotatable bonds is 4. The van der Waals surface area contributed by atoms with Crippen LogP contribution in [0.1, 0.15) is 16.2 Å². The molecule has 0 bridgehead atoms. The lowest BCUT2D eigenvalue weighted by Crippen LogP contribution is -2.24. The predicted molar refractivity (Wildman–Crippen MR) is 82.2 cm³/mol. The molecule has 0 saturated carbocycles. The molecule has 2 aromatic carbocycles. The van der Waals surface area contributed by atoms with Crippen LogP contribution >= 0.6 is 11.6 Å². The minimum absolute atomic E-state index is 0.0336. The second-order valence-electron chi connectivity index (χ2n) is 4.90. The van der Waals surface area contributed by atoms with Gasteiger partial charge in [0, 0.05) is 5.56 Å². The van der Waals surface area contributed by atoms with Gasteiger partial charge in [-0.15, -0.1) is 0 Å². The first kappa shape index (κ1) is 17.0. The van der Waals surface area contributed by atoms with Crippen LogP contribution in [0.25, 0.3) is 11.4 Å². The van der Waals surface area contributed by atoms with E-state index in [0.29, 0.717) is 16.7 Å². The van der Waals surface area contributed by atoms with Gasteiger partial charge in [0.25, 0.3) is 5.91 Å². The molecular weight excluding hydrogens is 359 g/mol. The molecule has 0 radical (unpaired) electrons. The zero-order valence-electron chi connectivity index (χ0n) is 12.4. The van der Waals surface area contributed by atoms with Crippen molar-refractivity contribution in [2.24, 2.45) is 0 Å². The van der Waals surface area contributed by atoms with Crippen LogP contribution in [0.3, 0.4) is 0 Å². The van der Waals surface area contributed by atoms with Crippen LogP contribution in [0, 0.1) is 17.5 Å². The Hall–Kier alpha value is -2.87. The molecule has 0 saturated heterocycles. The van der Waals surface area contributed by atoms with Gasteiger partial charge < -0.3 is 9.84 Å². The zero-order valence-corrected chi connectivity index (χ0v) is 13.1. The quantitative estimate of drug-likeness (QED) is 0.713. The first-order chi connectivity index (χ1) is 12.0. The van der Waals surface area contributed by atoms with Gasteiger partial charge in [0.1, 0.15) is 0 Å². The molecule has 0 atom stereocenters. The Kier molecular flexibility index (Phi) is 4.71. The molecule has 1 amide bonds. The van der Waals surface area contributed by atoms with Crippen LogP contribution in [0.2, 0.25) is 5.02 Å². The summed E-state index contributed by atoms with van der Waals surface area (Å²) >= 11 is 6.02. The van der Waals surface area contributed by atoms with Crippen LogP contribution in [0.15, 0.2) is 40.9 Å². The molecule has 5 nitrogen and oxygen atoms in total. The van der Waals surface area contributed by atoms with Gasteiger partial charge in [0.2, 0.25) is 11.7 Å². The third-order valence-corrected chi connectivity index (χ3v) is 3.59. The van der Waals surface area contributed by atoms with Crippen molar-refractivity contribution in [2.75, 3.05) is 0 Å². The molecule has 1 heterocycles. The van der Waals surface area contributed by atoms with Crippen LogP contribution in [0.5, 0.6) is 0 Å². The normalized spacial score (nSPS) is 10.7. The minimum atomic E-state index is -1.72. The Morgan fingerprint density at radius 1 is 1.12 bits per heavy atom. The molecular formula is C16H9ClF3N3O2. The Balaban J connectivity index is 1.72. The molecule has 0 aliphatic heterocycles. The smallest absolute Gasteiger partial charge is 0.254 e. The largest absolute Gasteiger partial charge is 0.343 e. The summed E-state index contributed by atoms with van der Waals surface area (Å²) in [6.07, 6.45) is 0. The first-order valence-electron chi connectivity index (χ1n) is 6.96. The van der Waals surface area contributed by atoms with E-state index in [2.05, 4.69) is 15.5 Å². The molecule has 0 aliphatic carbocycles. The van der Waals surface area contributed by atoms with Crippen molar-refractivity contribution in [3.63, 3.8) is 0 Å². The fraction of sp³-hybridized carbons (Fsp3) is 0.0625. The Bertz CT molecular complexity index is 946. The number of carbonyl (C=O) groups is 1. The van der Waals surface area contributed by atoms with E-state index in [1.54, 1.807) is 24.3 Å². The average Bonchev–Trinajstić information content (AvgIpc) is 3.07. The van der Waals surface area contributed by atoms with Crippen molar-refractivity contribution < 1.29 is 22.5 Å². The molecule has 3 aromatic rings. The SMILES string of the molecule is O=C(NCc1nc(-c2ccccc2Cl)no1)c1ccc(F)c(F)c1F. The average molecular weight is 368 g/mol. The van der Waals surface area contributed by atoms with Gasteiger partial charge in [-0.05, 0) is 24.3 Å². The van der Waals surface area contributed by atoms with Gasteiger partial charge in [-0.2, -0.15) is 4.98 Å². The molecule has 9 heteroatoms. The molecule has 128 valence electrons. The Morgan fingerprint density at radius 2 is 1.88 bits per heavy atom. The monoisotopic (exact) mass is 367 g/mol. The molecule has 1 aromatic heterocycles. The van der Waals surface area contributed by atoms with Crippen LogP contribution in [0.4, 0.5) is 13.2 Å². The number of hydrogen-bond acceptors (Lipinski definition) is 4. The number of nitrogens with zero attached hydrogens (tertiary/aromatic N) is 2. The van der Waals surface area contributed by atoms with Gasteiger partial charge in [-0.25, -0.2) is 13.2 Å². The van der Waals surface area contributed by atoms with Gasteiger partial charge >= 0.3 is 0 Å². The molecule has 3 rings (SSSR count). The summed E-state index contributed by atoms with van der Waals surface area (Å²) in [5.74, 6) is -5.37. The number of hydrogen-bond donors (Lipinski definition) is 1. The molecule has 0 spiro atoms. The number of halogens is 4. The van der Waals surface area contributed by atoms with Crippen molar-refractivity contribution >= 4 is 17.5 Å². The summed E-state index contributed by atoms with van der Waals surface area (Å²) in [6.45, 7) is -0.227. The van der Waals surface area contributed by atoms with Crippen molar-refractivity contribution in [3.8, 4) is 11.4 Å². The van der Waals surface area contributed by atoms with Crippen molar-refractivity contribution in [3.05, 3.63) is 70.3 Å². The second-order valence-corrected chi connectivity index (χ2v) is 5.30. The highest BCUT2D eigenvalue weighted by atomic mass is 35.5. The van der Waals surface area contributed by atoms with E-state index in [1.807, 2.05) is 0 Å². The highest BCUT2D eigenvalue weighted by molar-refractivity contribution is 6.33. The zero-order chi connectivity index (χ0) is 18.0. The molecule has 1 N–H and O–H groups in total. The highest BCUT2D eigenvalue weighted by Gasteiger charge is 2.19. The number of amides is 1. The number of nitrogens with one attached hydrogen (secondary N) is 1. The lowest BCUT2D eigenvalue weighted by Gasteiger charge is -2.04. The van der Waals surface area contributed by atoms with Crippen molar-refractivity contribution in [2.45, 2.75) is 6.54 Å². The maximum atomic E-state index is 13.6. The van der Waals surface area contributed by atoms with Crippen molar-refractivity contribution in [1.82, 2.24) is 15.5 Å². The Labute approximate surface area is 144 Å². The topological polar surface area (TPSA) is 68.0 Å². The maximum Gasteiger partial charge on any atom is 0.254 e. The first-order valence-corrected chi connectivity index (χ1v) is 7.34. The summed E-state index contributed by atoms with van der Waals surface area (Å²) in [4.78, 5) is 15.9.